The number of imidazole rings is 1. The van der Waals surface area contributed by atoms with Gasteiger partial charge in [-0.25, -0.2) is 13.8 Å². The lowest BCUT2D eigenvalue weighted by molar-refractivity contribution is 0.298. The van der Waals surface area contributed by atoms with Crippen LogP contribution in [-0.4, -0.2) is 9.38 Å². The third-order valence-corrected chi connectivity index (χ3v) is 6.33. The van der Waals surface area contributed by atoms with Crippen molar-refractivity contribution in [2.24, 2.45) is 0 Å². The highest BCUT2D eigenvalue weighted by Crippen LogP contribution is 2.27. The number of fused-ring (bicyclic) bond motifs is 3. The van der Waals surface area contributed by atoms with E-state index in [4.69, 9.17) is 4.74 Å². The van der Waals surface area contributed by atoms with Gasteiger partial charge in [-0.2, -0.15) is 0 Å². The summed E-state index contributed by atoms with van der Waals surface area (Å²) >= 11 is 4.86. The number of thiazole rings is 1. The van der Waals surface area contributed by atoms with Crippen molar-refractivity contribution in [2.75, 3.05) is 0 Å². The molecule has 0 unspecified atom stereocenters. The van der Waals surface area contributed by atoms with Crippen LogP contribution in [0.15, 0.2) is 76.0 Å². The van der Waals surface area contributed by atoms with E-state index in [0.29, 0.717) is 20.8 Å². The van der Waals surface area contributed by atoms with E-state index in [-0.39, 0.29) is 18.0 Å². The molecule has 5 aromatic rings. The molecule has 5 rings (SSSR count). The average Bonchev–Trinajstić information content (AvgIpc) is 3.25. The molecule has 0 spiro atoms. The van der Waals surface area contributed by atoms with Crippen LogP contribution in [0.4, 0.5) is 4.39 Å². The van der Waals surface area contributed by atoms with Crippen molar-refractivity contribution in [1.29, 1.82) is 0 Å². The zero-order chi connectivity index (χ0) is 20.7. The maximum atomic E-state index is 13.8. The molecule has 2 aromatic heterocycles. The highest BCUT2D eigenvalue weighted by molar-refractivity contribution is 9.10. The Labute approximate surface area is 183 Å². The SMILES string of the molecule is O=c1c(=Cc2ccc(OCc3ccccc3F)c(Br)c2)sc2nc3ccccc3n12. The van der Waals surface area contributed by atoms with E-state index in [1.54, 1.807) is 28.7 Å². The fourth-order valence-electron chi connectivity index (χ4n) is 3.26. The van der Waals surface area contributed by atoms with Gasteiger partial charge in [-0.15, -0.1) is 0 Å². The summed E-state index contributed by atoms with van der Waals surface area (Å²) in [5.74, 6) is 0.307. The first-order chi connectivity index (χ1) is 14.6. The largest absolute Gasteiger partial charge is 0.488 e. The summed E-state index contributed by atoms with van der Waals surface area (Å²) in [5.41, 5.74) is 2.88. The van der Waals surface area contributed by atoms with Crippen molar-refractivity contribution < 1.29 is 9.13 Å². The van der Waals surface area contributed by atoms with Crippen molar-refractivity contribution in [1.82, 2.24) is 9.38 Å². The van der Waals surface area contributed by atoms with Gasteiger partial charge in [-0.3, -0.25) is 4.79 Å². The number of halogens is 2. The Morgan fingerprint density at radius 3 is 2.73 bits per heavy atom. The normalized spacial score (nSPS) is 12.1. The van der Waals surface area contributed by atoms with Crippen LogP contribution < -0.4 is 14.8 Å². The lowest BCUT2D eigenvalue weighted by Gasteiger charge is -2.09. The molecule has 0 N–H and O–H groups in total. The van der Waals surface area contributed by atoms with Gasteiger partial charge in [0, 0.05) is 5.56 Å². The summed E-state index contributed by atoms with van der Waals surface area (Å²) in [6, 6.07) is 19.7. The van der Waals surface area contributed by atoms with E-state index in [2.05, 4.69) is 20.9 Å². The minimum atomic E-state index is -0.295. The molecule has 2 heterocycles. The van der Waals surface area contributed by atoms with E-state index < -0.39 is 0 Å². The van der Waals surface area contributed by atoms with Crippen molar-refractivity contribution in [3.63, 3.8) is 0 Å². The molecule has 0 aliphatic heterocycles. The third-order valence-electron chi connectivity index (χ3n) is 4.74. The molecule has 0 aliphatic rings. The molecule has 0 bridgehead atoms. The average molecular weight is 481 g/mol. The molecule has 30 heavy (non-hydrogen) atoms. The van der Waals surface area contributed by atoms with E-state index in [1.165, 1.54) is 17.4 Å². The van der Waals surface area contributed by atoms with Crippen molar-refractivity contribution in [2.45, 2.75) is 6.61 Å². The highest BCUT2D eigenvalue weighted by atomic mass is 79.9. The Hall–Kier alpha value is -3.03. The predicted molar refractivity (Wildman–Crippen MR) is 121 cm³/mol. The molecule has 0 aliphatic carbocycles. The fourth-order valence-corrected chi connectivity index (χ4v) is 4.76. The molecule has 4 nitrogen and oxygen atoms in total. The molecule has 7 heteroatoms. The summed E-state index contributed by atoms with van der Waals surface area (Å²) in [7, 11) is 0. The third kappa shape index (κ3) is 3.40. The molecular weight excluding hydrogens is 467 g/mol. The van der Waals surface area contributed by atoms with Crippen LogP contribution in [0.3, 0.4) is 0 Å². The van der Waals surface area contributed by atoms with Crippen LogP contribution in [0.2, 0.25) is 0 Å². The number of ether oxygens (including phenoxy) is 1. The second-order valence-electron chi connectivity index (χ2n) is 6.70. The number of nitrogens with zero attached hydrogens (tertiary/aromatic N) is 2. The Bertz CT molecular complexity index is 1510. The maximum absolute atomic E-state index is 13.8. The van der Waals surface area contributed by atoms with Crippen LogP contribution in [-0.2, 0) is 6.61 Å². The molecule has 0 radical (unpaired) electrons. The van der Waals surface area contributed by atoms with Crippen LogP contribution in [0.1, 0.15) is 11.1 Å². The fraction of sp³-hybridized carbons (Fsp3) is 0.0435. The van der Waals surface area contributed by atoms with Gasteiger partial charge in [-0.05, 0) is 57.9 Å². The zero-order valence-electron chi connectivity index (χ0n) is 15.5. The first-order valence-corrected chi connectivity index (χ1v) is 10.8. The number of hydrogen-bond acceptors (Lipinski definition) is 4. The Morgan fingerprint density at radius 1 is 1.10 bits per heavy atom. The van der Waals surface area contributed by atoms with Gasteiger partial charge < -0.3 is 4.74 Å². The van der Waals surface area contributed by atoms with Crippen LogP contribution in [0.25, 0.3) is 22.1 Å². The number of benzene rings is 3. The monoisotopic (exact) mass is 480 g/mol. The molecule has 0 atom stereocenters. The number of rotatable bonds is 4. The Balaban J connectivity index is 1.46. The molecule has 0 saturated carbocycles. The van der Waals surface area contributed by atoms with Crippen molar-refractivity contribution >= 4 is 49.3 Å². The number of hydrogen-bond donors (Lipinski definition) is 0. The van der Waals surface area contributed by atoms with Gasteiger partial charge in [0.1, 0.15) is 18.2 Å². The Morgan fingerprint density at radius 2 is 1.90 bits per heavy atom. The van der Waals surface area contributed by atoms with Crippen molar-refractivity contribution in [3.05, 3.63) is 103 Å². The topological polar surface area (TPSA) is 43.6 Å². The maximum Gasteiger partial charge on any atom is 0.274 e. The highest BCUT2D eigenvalue weighted by Gasteiger charge is 2.11. The molecule has 0 amide bonds. The lowest BCUT2D eigenvalue weighted by atomic mass is 10.2. The van der Waals surface area contributed by atoms with Crippen LogP contribution in [0, 0.1) is 5.82 Å². The lowest BCUT2D eigenvalue weighted by Crippen LogP contribution is -2.22. The second kappa shape index (κ2) is 7.66. The number of aromatic nitrogens is 2. The summed E-state index contributed by atoms with van der Waals surface area (Å²) in [4.78, 5) is 18.1. The summed E-state index contributed by atoms with van der Waals surface area (Å²) in [5, 5.41) is 0. The minimum Gasteiger partial charge on any atom is -0.488 e. The molecule has 0 saturated heterocycles. The summed E-state index contributed by atoms with van der Waals surface area (Å²) in [6.45, 7) is 0.133. The first kappa shape index (κ1) is 19.0. The predicted octanol–water partition coefficient (Wildman–Crippen LogP) is 4.94. The molecular formula is C23H14BrFN2O2S. The van der Waals surface area contributed by atoms with Gasteiger partial charge in [0.15, 0.2) is 4.96 Å². The van der Waals surface area contributed by atoms with Gasteiger partial charge in [0.25, 0.3) is 5.56 Å². The van der Waals surface area contributed by atoms with Crippen molar-refractivity contribution in [3.8, 4) is 5.75 Å². The smallest absolute Gasteiger partial charge is 0.274 e. The summed E-state index contributed by atoms with van der Waals surface area (Å²) in [6.07, 6.45) is 1.84. The van der Waals surface area contributed by atoms with Crippen LogP contribution >= 0.6 is 27.3 Å². The Kier molecular flexibility index (Phi) is 4.84. The van der Waals surface area contributed by atoms with Crippen LogP contribution in [0.5, 0.6) is 5.75 Å². The zero-order valence-corrected chi connectivity index (χ0v) is 17.9. The standard InChI is InChI=1S/C23H14BrFN2O2S/c24-16-11-14(9-10-20(16)29-13-15-5-1-2-6-17(15)25)12-21-22(28)27-19-8-4-3-7-18(19)26-23(27)30-21/h1-12H,13H2. The molecule has 3 aromatic carbocycles. The second-order valence-corrected chi connectivity index (χ2v) is 8.57. The van der Waals surface area contributed by atoms with E-state index in [0.717, 1.165) is 21.1 Å². The van der Waals surface area contributed by atoms with Gasteiger partial charge in [0.2, 0.25) is 0 Å². The summed E-state index contributed by atoms with van der Waals surface area (Å²) < 4.78 is 22.5. The molecule has 0 fully saturated rings. The minimum absolute atomic E-state index is 0.0836. The van der Waals surface area contributed by atoms with Gasteiger partial charge in [-0.1, -0.05) is 47.7 Å². The first-order valence-electron chi connectivity index (χ1n) is 9.17. The quantitative estimate of drug-likeness (QED) is 0.366. The van der Waals surface area contributed by atoms with E-state index in [9.17, 15) is 9.18 Å². The van der Waals surface area contributed by atoms with E-state index >= 15 is 0 Å². The molecule has 148 valence electrons. The van der Waals surface area contributed by atoms with E-state index in [1.807, 2.05) is 42.5 Å². The van der Waals surface area contributed by atoms with Gasteiger partial charge in [0.05, 0.1) is 20.0 Å². The van der Waals surface area contributed by atoms with Gasteiger partial charge >= 0.3 is 0 Å². The number of para-hydroxylation sites is 2.